The van der Waals surface area contributed by atoms with Crippen LogP contribution in [-0.2, 0) is 6.54 Å². The van der Waals surface area contributed by atoms with Crippen molar-refractivity contribution in [3.8, 4) is 0 Å². The maximum absolute atomic E-state index is 5.73. The van der Waals surface area contributed by atoms with Crippen LogP contribution in [0, 0.1) is 5.92 Å². The Hall–Kier alpha value is -1.02. The van der Waals surface area contributed by atoms with Crippen molar-refractivity contribution in [1.29, 1.82) is 0 Å². The average Bonchev–Trinajstić information content (AvgIpc) is 2.44. The van der Waals surface area contributed by atoms with Gasteiger partial charge in [0.25, 0.3) is 0 Å². The van der Waals surface area contributed by atoms with Crippen molar-refractivity contribution < 1.29 is 0 Å². The maximum atomic E-state index is 5.73. The fraction of sp³-hybridized carbons (Fsp3) is 0.647. The lowest BCUT2D eigenvalue weighted by Gasteiger charge is -2.26. The number of hydrogen-bond donors (Lipinski definition) is 1. The van der Waals surface area contributed by atoms with Crippen molar-refractivity contribution in [3.63, 3.8) is 0 Å². The molecule has 0 heterocycles. The first kappa shape index (κ1) is 16.0. The lowest BCUT2D eigenvalue weighted by molar-refractivity contribution is 0.221. The quantitative estimate of drug-likeness (QED) is 0.672. The summed E-state index contributed by atoms with van der Waals surface area (Å²) in [5, 5.41) is 0. The molecule has 0 amide bonds. The molecule has 0 aromatic heterocycles. The van der Waals surface area contributed by atoms with E-state index >= 15 is 0 Å². The topological polar surface area (TPSA) is 29.3 Å². The Bertz CT molecular complexity index is 332. The van der Waals surface area contributed by atoms with Crippen LogP contribution in [0.5, 0.6) is 0 Å². The van der Waals surface area contributed by atoms with Gasteiger partial charge in [0.1, 0.15) is 0 Å². The first-order valence-electron chi connectivity index (χ1n) is 7.76. The molecular formula is C17H30N2. The molecule has 0 aliphatic carbocycles. The lowest BCUT2D eigenvalue weighted by atomic mass is 9.98. The van der Waals surface area contributed by atoms with Crippen LogP contribution >= 0.6 is 0 Å². The highest BCUT2D eigenvalue weighted by Gasteiger charge is 2.11. The van der Waals surface area contributed by atoms with Gasteiger partial charge >= 0.3 is 0 Å². The Morgan fingerprint density at radius 1 is 1.11 bits per heavy atom. The number of rotatable bonds is 9. The van der Waals surface area contributed by atoms with E-state index in [1.54, 1.807) is 0 Å². The molecule has 1 rings (SSSR count). The summed E-state index contributed by atoms with van der Waals surface area (Å²) in [4.78, 5) is 2.55. The summed E-state index contributed by atoms with van der Waals surface area (Å²) < 4.78 is 0. The van der Waals surface area contributed by atoms with Crippen LogP contribution < -0.4 is 5.73 Å². The van der Waals surface area contributed by atoms with Crippen LogP contribution in [0.4, 0.5) is 5.69 Å². The van der Waals surface area contributed by atoms with E-state index in [4.69, 9.17) is 5.73 Å². The molecule has 0 bridgehead atoms. The monoisotopic (exact) mass is 262 g/mol. The largest absolute Gasteiger partial charge is 0.399 e. The molecule has 2 heteroatoms. The maximum Gasteiger partial charge on any atom is 0.0314 e. The summed E-state index contributed by atoms with van der Waals surface area (Å²) in [6.07, 6.45) is 5.32. The Morgan fingerprint density at radius 3 is 2.32 bits per heavy atom. The van der Waals surface area contributed by atoms with Gasteiger partial charge in [-0.25, -0.2) is 0 Å². The van der Waals surface area contributed by atoms with Gasteiger partial charge in [0.2, 0.25) is 0 Å². The minimum absolute atomic E-state index is 0.841. The van der Waals surface area contributed by atoms with Gasteiger partial charge in [0.15, 0.2) is 0 Å². The Kier molecular flexibility index (Phi) is 7.57. The molecule has 0 aliphatic heterocycles. The van der Waals surface area contributed by atoms with Crippen LogP contribution in [0.3, 0.4) is 0 Å². The molecule has 0 fully saturated rings. The van der Waals surface area contributed by atoms with E-state index in [-0.39, 0.29) is 0 Å². The summed E-state index contributed by atoms with van der Waals surface area (Å²) in [5.41, 5.74) is 7.94. The zero-order chi connectivity index (χ0) is 14.1. The van der Waals surface area contributed by atoms with Crippen LogP contribution in [0.1, 0.15) is 52.0 Å². The molecule has 0 spiro atoms. The minimum atomic E-state index is 0.841. The predicted octanol–water partition coefficient (Wildman–Crippen LogP) is 4.31. The zero-order valence-electron chi connectivity index (χ0n) is 12.9. The third kappa shape index (κ3) is 6.11. The molecule has 1 aromatic carbocycles. The molecule has 19 heavy (non-hydrogen) atoms. The molecule has 0 aliphatic rings. The van der Waals surface area contributed by atoms with Crippen molar-refractivity contribution >= 4 is 5.69 Å². The molecule has 0 saturated heterocycles. The molecule has 2 N–H and O–H groups in total. The van der Waals surface area contributed by atoms with Crippen LogP contribution in [0.25, 0.3) is 0 Å². The molecule has 108 valence electrons. The lowest BCUT2D eigenvalue weighted by Crippen LogP contribution is -2.29. The van der Waals surface area contributed by atoms with Gasteiger partial charge in [-0.3, -0.25) is 4.90 Å². The second kappa shape index (κ2) is 8.98. The predicted molar refractivity (Wildman–Crippen MR) is 85.1 cm³/mol. The van der Waals surface area contributed by atoms with E-state index in [1.807, 2.05) is 12.1 Å². The highest BCUT2D eigenvalue weighted by Crippen LogP contribution is 2.16. The van der Waals surface area contributed by atoms with Crippen LogP contribution in [-0.4, -0.2) is 18.0 Å². The Morgan fingerprint density at radius 2 is 1.79 bits per heavy atom. The Balaban J connectivity index is 2.49. The molecule has 0 saturated carbocycles. The molecule has 1 atom stereocenters. The number of nitrogen functional groups attached to an aromatic ring is 1. The molecule has 1 unspecified atom stereocenters. The van der Waals surface area contributed by atoms with Gasteiger partial charge in [-0.15, -0.1) is 0 Å². The molecule has 1 aromatic rings. The molecule has 2 nitrogen and oxygen atoms in total. The van der Waals surface area contributed by atoms with Crippen LogP contribution in [0.2, 0.25) is 0 Å². The smallest absolute Gasteiger partial charge is 0.0314 e. The van der Waals surface area contributed by atoms with Crippen molar-refractivity contribution in [2.24, 2.45) is 5.92 Å². The summed E-state index contributed by atoms with van der Waals surface area (Å²) >= 11 is 0. The third-order valence-corrected chi connectivity index (χ3v) is 3.89. The molecule has 0 radical (unpaired) electrons. The van der Waals surface area contributed by atoms with E-state index in [0.29, 0.717) is 0 Å². The summed E-state index contributed by atoms with van der Waals surface area (Å²) in [6.45, 7) is 10.2. The SMILES string of the molecule is CCCCC(CC)CN(CC)Cc1ccc(N)cc1. The Labute approximate surface area is 119 Å². The van der Waals surface area contributed by atoms with Gasteiger partial charge in [0.05, 0.1) is 0 Å². The standard InChI is InChI=1S/C17H30N2/c1-4-7-8-15(5-2)13-19(6-3)14-16-9-11-17(18)12-10-16/h9-12,15H,4-8,13-14,18H2,1-3H3. The van der Waals surface area contributed by atoms with E-state index in [2.05, 4.69) is 37.8 Å². The van der Waals surface area contributed by atoms with E-state index in [1.165, 1.54) is 37.8 Å². The van der Waals surface area contributed by atoms with Crippen molar-refractivity contribution in [2.75, 3.05) is 18.8 Å². The number of benzene rings is 1. The van der Waals surface area contributed by atoms with Crippen LogP contribution in [0.15, 0.2) is 24.3 Å². The van der Waals surface area contributed by atoms with E-state index < -0.39 is 0 Å². The fourth-order valence-electron chi connectivity index (χ4n) is 2.47. The fourth-order valence-corrected chi connectivity index (χ4v) is 2.47. The van der Waals surface area contributed by atoms with Crippen molar-refractivity contribution in [3.05, 3.63) is 29.8 Å². The summed E-state index contributed by atoms with van der Waals surface area (Å²) in [7, 11) is 0. The average molecular weight is 262 g/mol. The normalized spacial score (nSPS) is 12.8. The summed E-state index contributed by atoms with van der Waals surface area (Å²) in [6, 6.07) is 8.28. The van der Waals surface area contributed by atoms with Gasteiger partial charge in [0, 0.05) is 18.8 Å². The van der Waals surface area contributed by atoms with Gasteiger partial charge < -0.3 is 5.73 Å². The van der Waals surface area contributed by atoms with Gasteiger partial charge in [-0.05, 0) is 36.6 Å². The number of nitrogens with zero attached hydrogens (tertiary/aromatic N) is 1. The number of nitrogens with two attached hydrogens (primary N) is 1. The summed E-state index contributed by atoms with van der Waals surface area (Å²) in [5.74, 6) is 0.841. The van der Waals surface area contributed by atoms with E-state index in [0.717, 1.165) is 24.7 Å². The second-order valence-corrected chi connectivity index (χ2v) is 5.49. The van der Waals surface area contributed by atoms with Crippen molar-refractivity contribution in [2.45, 2.75) is 53.0 Å². The minimum Gasteiger partial charge on any atom is -0.399 e. The third-order valence-electron chi connectivity index (χ3n) is 3.89. The zero-order valence-corrected chi connectivity index (χ0v) is 12.9. The number of hydrogen-bond acceptors (Lipinski definition) is 2. The number of anilines is 1. The van der Waals surface area contributed by atoms with Gasteiger partial charge in [-0.1, -0.05) is 52.2 Å². The van der Waals surface area contributed by atoms with E-state index in [9.17, 15) is 0 Å². The second-order valence-electron chi connectivity index (χ2n) is 5.49. The highest BCUT2D eigenvalue weighted by atomic mass is 15.1. The first-order valence-corrected chi connectivity index (χ1v) is 7.76. The number of unbranched alkanes of at least 4 members (excludes halogenated alkanes) is 1. The highest BCUT2D eigenvalue weighted by molar-refractivity contribution is 5.39. The first-order chi connectivity index (χ1) is 9.19. The molecular weight excluding hydrogens is 232 g/mol. The van der Waals surface area contributed by atoms with Gasteiger partial charge in [-0.2, -0.15) is 0 Å². The van der Waals surface area contributed by atoms with Crippen molar-refractivity contribution in [1.82, 2.24) is 4.90 Å².